The molecule has 1 aromatic heterocycles. The van der Waals surface area contributed by atoms with Crippen LogP contribution in [0.5, 0.6) is 0 Å². The molecule has 0 unspecified atom stereocenters. The smallest absolute Gasteiger partial charge is 0.318 e. The third-order valence-corrected chi connectivity index (χ3v) is 6.51. The van der Waals surface area contributed by atoms with Crippen molar-refractivity contribution in [3.05, 3.63) is 58.6 Å². The Morgan fingerprint density at radius 3 is 2.48 bits per heavy atom. The summed E-state index contributed by atoms with van der Waals surface area (Å²) in [6.07, 6.45) is 0. The van der Waals surface area contributed by atoms with Gasteiger partial charge in [-0.1, -0.05) is 61.5 Å². The van der Waals surface area contributed by atoms with Crippen molar-refractivity contribution in [3.63, 3.8) is 0 Å². The number of hydrogen-bond acceptors (Lipinski definition) is 5. The van der Waals surface area contributed by atoms with Gasteiger partial charge in [0.1, 0.15) is 0 Å². The fourth-order valence-corrected chi connectivity index (χ4v) is 4.40. The van der Waals surface area contributed by atoms with Crippen molar-refractivity contribution in [2.75, 3.05) is 0 Å². The Morgan fingerprint density at radius 2 is 1.84 bits per heavy atom. The molecule has 0 saturated carbocycles. The Labute approximate surface area is 190 Å². The lowest BCUT2D eigenvalue weighted by atomic mass is 10.1. The number of nitrogens with zero attached hydrogens (tertiary/aromatic N) is 3. The van der Waals surface area contributed by atoms with Crippen LogP contribution in [0.4, 0.5) is 4.79 Å². The molecule has 3 aromatic rings. The van der Waals surface area contributed by atoms with Crippen LogP contribution < -0.4 is 11.1 Å². The Balaban J connectivity index is 2.17. The highest BCUT2D eigenvalue weighted by atomic mass is 35.5. The van der Waals surface area contributed by atoms with Gasteiger partial charge in [0.2, 0.25) is 5.91 Å². The number of hydrogen-bond donors (Lipinski definition) is 2. The van der Waals surface area contributed by atoms with Crippen molar-refractivity contribution >= 4 is 35.3 Å². The van der Waals surface area contributed by atoms with Crippen molar-refractivity contribution in [3.8, 4) is 17.1 Å². The monoisotopic (exact) mass is 457 g/mol. The Hall–Kier alpha value is -2.84. The molecule has 0 aliphatic rings. The molecular formula is C22H24ClN5O2S. The zero-order chi connectivity index (χ0) is 22.7. The van der Waals surface area contributed by atoms with E-state index in [-0.39, 0.29) is 5.92 Å². The van der Waals surface area contributed by atoms with Gasteiger partial charge in [0.25, 0.3) is 0 Å². The summed E-state index contributed by atoms with van der Waals surface area (Å²) in [5, 5.41) is 11.4. The first-order valence-electron chi connectivity index (χ1n) is 9.74. The second-order valence-electron chi connectivity index (χ2n) is 7.55. The topological polar surface area (TPSA) is 103 Å². The fourth-order valence-electron chi connectivity index (χ4n) is 3.14. The van der Waals surface area contributed by atoms with Crippen LogP contribution in [0.3, 0.4) is 0 Å². The van der Waals surface area contributed by atoms with E-state index in [1.54, 1.807) is 6.07 Å². The summed E-state index contributed by atoms with van der Waals surface area (Å²) >= 11 is 7.69. The number of benzene rings is 2. The van der Waals surface area contributed by atoms with Crippen LogP contribution in [0, 0.1) is 19.8 Å². The lowest BCUT2D eigenvalue weighted by Crippen LogP contribution is -2.42. The summed E-state index contributed by atoms with van der Waals surface area (Å²) < 4.78 is 1.90. The van der Waals surface area contributed by atoms with E-state index in [9.17, 15) is 9.59 Å². The fraction of sp³-hybridized carbons (Fsp3) is 0.273. The highest BCUT2D eigenvalue weighted by Crippen LogP contribution is 2.35. The standard InChI is InChI=1S/C22H24ClN5O2S/c1-12(2)18(20(29)25-21(24)30)31-22-27-26-19(15-7-5-6-8-16(15)23)28(22)17-11-13(3)9-10-14(17)4/h5-12,18H,1-4H3,(H3,24,25,29,30)/t18-/m1/s1. The molecule has 1 atom stereocenters. The maximum Gasteiger partial charge on any atom is 0.318 e. The number of thioether (sulfide) groups is 1. The number of primary amides is 1. The molecule has 0 fully saturated rings. The SMILES string of the molecule is Cc1ccc(C)c(-n2c(S[C@@H](C(=O)NC(N)=O)C(C)C)nnc2-c2ccccc2Cl)c1. The third-order valence-electron chi connectivity index (χ3n) is 4.70. The van der Waals surface area contributed by atoms with E-state index in [1.165, 1.54) is 11.8 Å². The lowest BCUT2D eigenvalue weighted by Gasteiger charge is -2.20. The van der Waals surface area contributed by atoms with E-state index in [0.29, 0.717) is 16.0 Å². The van der Waals surface area contributed by atoms with Gasteiger partial charge in [-0.3, -0.25) is 14.7 Å². The van der Waals surface area contributed by atoms with Gasteiger partial charge < -0.3 is 5.73 Å². The average Bonchev–Trinajstić information content (AvgIpc) is 3.10. The number of aryl methyl sites for hydroxylation is 2. The molecule has 3 amide bonds. The van der Waals surface area contributed by atoms with Gasteiger partial charge in [-0.15, -0.1) is 10.2 Å². The van der Waals surface area contributed by atoms with Gasteiger partial charge >= 0.3 is 6.03 Å². The molecule has 7 nitrogen and oxygen atoms in total. The van der Waals surface area contributed by atoms with Crippen LogP contribution in [0.1, 0.15) is 25.0 Å². The second kappa shape index (κ2) is 9.53. The number of carbonyl (C=O) groups is 2. The number of nitrogens with one attached hydrogen (secondary N) is 1. The minimum atomic E-state index is -0.885. The molecule has 0 aliphatic heterocycles. The first kappa shape index (κ1) is 22.8. The summed E-state index contributed by atoms with van der Waals surface area (Å²) in [5.74, 6) is 0.0128. The number of rotatable bonds is 6. The molecule has 0 aliphatic carbocycles. The lowest BCUT2D eigenvalue weighted by molar-refractivity contribution is -0.120. The zero-order valence-electron chi connectivity index (χ0n) is 17.7. The van der Waals surface area contributed by atoms with E-state index in [1.807, 2.05) is 68.7 Å². The number of aromatic nitrogens is 3. The van der Waals surface area contributed by atoms with Crippen molar-refractivity contribution in [2.45, 2.75) is 38.1 Å². The molecule has 162 valence electrons. The number of urea groups is 1. The summed E-state index contributed by atoms with van der Waals surface area (Å²) in [7, 11) is 0. The molecule has 3 rings (SSSR count). The van der Waals surface area contributed by atoms with Crippen LogP contribution in [-0.2, 0) is 4.79 Å². The van der Waals surface area contributed by atoms with E-state index >= 15 is 0 Å². The highest BCUT2D eigenvalue weighted by molar-refractivity contribution is 8.00. The van der Waals surface area contributed by atoms with Crippen LogP contribution >= 0.6 is 23.4 Å². The quantitative estimate of drug-likeness (QED) is 0.530. The molecule has 3 N–H and O–H groups in total. The summed E-state index contributed by atoms with van der Waals surface area (Å²) in [6, 6.07) is 12.6. The molecular weight excluding hydrogens is 434 g/mol. The highest BCUT2D eigenvalue weighted by Gasteiger charge is 2.29. The van der Waals surface area contributed by atoms with E-state index < -0.39 is 17.2 Å². The molecule has 0 bridgehead atoms. The van der Waals surface area contributed by atoms with Crippen molar-refractivity contribution in [1.82, 2.24) is 20.1 Å². The zero-order valence-corrected chi connectivity index (χ0v) is 19.3. The Kier molecular flexibility index (Phi) is 7.02. The largest absolute Gasteiger partial charge is 0.351 e. The number of carbonyl (C=O) groups excluding carboxylic acids is 2. The average molecular weight is 458 g/mol. The number of imide groups is 1. The summed E-state index contributed by atoms with van der Waals surface area (Å²) in [4.78, 5) is 23.8. The Morgan fingerprint density at radius 1 is 1.13 bits per heavy atom. The van der Waals surface area contributed by atoms with Crippen LogP contribution in [0.15, 0.2) is 47.6 Å². The minimum absolute atomic E-state index is 0.0862. The minimum Gasteiger partial charge on any atom is -0.351 e. The van der Waals surface area contributed by atoms with Gasteiger partial charge in [-0.2, -0.15) is 0 Å². The number of halogens is 1. The maximum atomic E-state index is 12.6. The van der Waals surface area contributed by atoms with Gasteiger partial charge in [0, 0.05) is 5.56 Å². The second-order valence-corrected chi connectivity index (χ2v) is 9.06. The van der Waals surface area contributed by atoms with Crippen molar-refractivity contribution in [1.29, 1.82) is 0 Å². The normalized spacial score (nSPS) is 12.1. The van der Waals surface area contributed by atoms with E-state index in [2.05, 4.69) is 15.5 Å². The number of nitrogens with two attached hydrogens (primary N) is 1. The molecule has 31 heavy (non-hydrogen) atoms. The van der Waals surface area contributed by atoms with Crippen LogP contribution in [0.2, 0.25) is 5.02 Å². The molecule has 0 radical (unpaired) electrons. The maximum absolute atomic E-state index is 12.6. The molecule has 0 spiro atoms. The molecule has 1 heterocycles. The van der Waals surface area contributed by atoms with Crippen LogP contribution in [-0.4, -0.2) is 32.0 Å². The number of amides is 3. The first-order valence-corrected chi connectivity index (χ1v) is 11.0. The van der Waals surface area contributed by atoms with Crippen molar-refractivity contribution < 1.29 is 9.59 Å². The van der Waals surface area contributed by atoms with Crippen molar-refractivity contribution in [2.24, 2.45) is 11.7 Å². The third kappa shape index (κ3) is 5.08. The molecule has 2 aromatic carbocycles. The summed E-state index contributed by atoms with van der Waals surface area (Å²) in [6.45, 7) is 7.80. The van der Waals surface area contributed by atoms with Gasteiger partial charge in [-0.25, -0.2) is 4.79 Å². The predicted octanol–water partition coefficient (Wildman–Crippen LogP) is 4.52. The summed E-state index contributed by atoms with van der Waals surface area (Å²) in [5.41, 5.74) is 8.86. The van der Waals surface area contributed by atoms with Gasteiger partial charge in [0.05, 0.1) is 16.0 Å². The Bertz CT molecular complexity index is 1130. The molecule has 9 heteroatoms. The predicted molar refractivity (Wildman–Crippen MR) is 123 cm³/mol. The van der Waals surface area contributed by atoms with Crippen LogP contribution in [0.25, 0.3) is 17.1 Å². The van der Waals surface area contributed by atoms with E-state index in [0.717, 1.165) is 22.4 Å². The molecule has 0 saturated heterocycles. The van der Waals surface area contributed by atoms with Gasteiger partial charge in [-0.05, 0) is 49.1 Å². The van der Waals surface area contributed by atoms with E-state index in [4.69, 9.17) is 17.3 Å². The van der Waals surface area contributed by atoms with Gasteiger partial charge in [0.15, 0.2) is 11.0 Å². The first-order chi connectivity index (χ1) is 14.7.